The Bertz CT molecular complexity index is 1190. The molecule has 0 saturated carbocycles. The second-order valence-electron chi connectivity index (χ2n) is 8.90. The van der Waals surface area contributed by atoms with Crippen LogP contribution in [0.25, 0.3) is 22.6 Å². The Morgan fingerprint density at radius 1 is 0.857 bits per heavy atom. The molecule has 1 fully saturated rings. The predicted molar refractivity (Wildman–Crippen MR) is 140 cm³/mol. The predicted octanol–water partition coefficient (Wildman–Crippen LogP) is 5.33. The minimum absolute atomic E-state index is 0.0573. The molecule has 1 amide bonds. The van der Waals surface area contributed by atoms with Gasteiger partial charge in [0.15, 0.2) is 11.7 Å². The highest BCUT2D eigenvalue weighted by atomic mass is 16.4. The minimum Gasteiger partial charge on any atom is -0.440 e. The number of anilines is 2. The van der Waals surface area contributed by atoms with Crippen LogP contribution in [-0.4, -0.2) is 49.0 Å². The molecule has 2 heterocycles. The fraction of sp³-hybridized carbons (Fsp3) is 0.241. The molecule has 178 valence electrons. The molecule has 0 unspecified atom stereocenters. The molecule has 1 aliphatic rings. The molecule has 0 aliphatic carbocycles. The number of likely N-dealkylation sites (N-methyl/N-ethyl adjacent to an activating group) is 1. The van der Waals surface area contributed by atoms with Gasteiger partial charge in [-0.3, -0.25) is 4.79 Å². The van der Waals surface area contributed by atoms with E-state index in [0.29, 0.717) is 18.7 Å². The molecule has 1 saturated heterocycles. The van der Waals surface area contributed by atoms with E-state index < -0.39 is 0 Å². The standard InChI is InChI=1S/C29H30N4O2/c1-32-18-20-33(21-19-32)25-14-12-24(13-15-25)30-26(34)16-17-27-31-28(22-8-4-2-5-9-22)29(35-27)23-10-6-3-7-11-23/h2-15H,16-21H2,1H3,(H,30,34). The summed E-state index contributed by atoms with van der Waals surface area (Å²) < 4.78 is 6.15. The Kier molecular flexibility index (Phi) is 6.91. The van der Waals surface area contributed by atoms with E-state index >= 15 is 0 Å². The molecule has 35 heavy (non-hydrogen) atoms. The summed E-state index contributed by atoms with van der Waals surface area (Å²) in [6.45, 7) is 4.18. The summed E-state index contributed by atoms with van der Waals surface area (Å²) >= 11 is 0. The van der Waals surface area contributed by atoms with Gasteiger partial charge in [-0.15, -0.1) is 0 Å². The summed E-state index contributed by atoms with van der Waals surface area (Å²) in [7, 11) is 2.15. The molecule has 0 bridgehead atoms. The Labute approximate surface area is 206 Å². The highest BCUT2D eigenvalue weighted by Gasteiger charge is 2.18. The highest BCUT2D eigenvalue weighted by Crippen LogP contribution is 2.33. The molecule has 6 heteroatoms. The molecule has 0 radical (unpaired) electrons. The number of carbonyl (C=O) groups is 1. The van der Waals surface area contributed by atoms with Crippen LogP contribution in [0.15, 0.2) is 89.3 Å². The Hall–Kier alpha value is -3.90. The molecule has 0 atom stereocenters. The number of amides is 1. The molecule has 5 rings (SSSR count). The van der Waals surface area contributed by atoms with Crippen LogP contribution in [0.2, 0.25) is 0 Å². The third-order valence-electron chi connectivity index (χ3n) is 6.34. The first-order valence-electron chi connectivity index (χ1n) is 12.1. The average molecular weight is 467 g/mol. The van der Waals surface area contributed by atoms with Crippen LogP contribution < -0.4 is 10.2 Å². The number of piperazine rings is 1. The summed E-state index contributed by atoms with van der Waals surface area (Å²) in [5.74, 6) is 1.23. The van der Waals surface area contributed by atoms with Crippen molar-refractivity contribution in [1.29, 1.82) is 0 Å². The largest absolute Gasteiger partial charge is 0.440 e. The number of hydrogen-bond donors (Lipinski definition) is 1. The van der Waals surface area contributed by atoms with Crippen LogP contribution >= 0.6 is 0 Å². The quantitative estimate of drug-likeness (QED) is 0.399. The number of rotatable bonds is 7. The van der Waals surface area contributed by atoms with E-state index in [0.717, 1.165) is 54.4 Å². The van der Waals surface area contributed by atoms with Gasteiger partial charge in [-0.1, -0.05) is 60.7 Å². The molecule has 1 aromatic heterocycles. The average Bonchev–Trinajstić information content (AvgIpc) is 3.34. The maximum atomic E-state index is 12.6. The van der Waals surface area contributed by atoms with E-state index in [1.807, 2.05) is 72.8 Å². The molecule has 6 nitrogen and oxygen atoms in total. The zero-order valence-electron chi connectivity index (χ0n) is 20.0. The molecule has 1 aliphatic heterocycles. The van der Waals surface area contributed by atoms with Crippen LogP contribution in [0, 0.1) is 0 Å². The van der Waals surface area contributed by atoms with Crippen LogP contribution in [0.5, 0.6) is 0 Å². The molecule has 0 spiro atoms. The third-order valence-corrected chi connectivity index (χ3v) is 6.34. The van der Waals surface area contributed by atoms with Crippen molar-refractivity contribution < 1.29 is 9.21 Å². The van der Waals surface area contributed by atoms with E-state index in [2.05, 4.69) is 34.3 Å². The lowest BCUT2D eigenvalue weighted by Crippen LogP contribution is -2.44. The lowest BCUT2D eigenvalue weighted by Gasteiger charge is -2.34. The van der Waals surface area contributed by atoms with Crippen LogP contribution in [-0.2, 0) is 11.2 Å². The topological polar surface area (TPSA) is 61.6 Å². The third kappa shape index (κ3) is 5.61. The zero-order valence-corrected chi connectivity index (χ0v) is 20.0. The monoisotopic (exact) mass is 466 g/mol. The summed E-state index contributed by atoms with van der Waals surface area (Å²) in [4.78, 5) is 22.1. The summed E-state index contributed by atoms with van der Waals surface area (Å²) in [5.41, 5.74) is 4.75. The molecular weight excluding hydrogens is 436 g/mol. The number of carbonyl (C=O) groups excluding carboxylic acids is 1. The van der Waals surface area contributed by atoms with E-state index in [1.54, 1.807) is 0 Å². The van der Waals surface area contributed by atoms with Crippen molar-refractivity contribution in [1.82, 2.24) is 9.88 Å². The zero-order chi connectivity index (χ0) is 24.0. The Morgan fingerprint density at radius 3 is 2.14 bits per heavy atom. The smallest absolute Gasteiger partial charge is 0.224 e. The first-order valence-corrected chi connectivity index (χ1v) is 12.1. The van der Waals surface area contributed by atoms with E-state index in [4.69, 9.17) is 9.40 Å². The highest BCUT2D eigenvalue weighted by molar-refractivity contribution is 5.91. The van der Waals surface area contributed by atoms with Crippen molar-refractivity contribution in [3.63, 3.8) is 0 Å². The lowest BCUT2D eigenvalue weighted by molar-refractivity contribution is -0.116. The number of oxazole rings is 1. The fourth-order valence-corrected chi connectivity index (χ4v) is 4.31. The number of nitrogens with zero attached hydrogens (tertiary/aromatic N) is 3. The van der Waals surface area contributed by atoms with Gasteiger partial charge in [0.25, 0.3) is 0 Å². The van der Waals surface area contributed by atoms with Gasteiger partial charge >= 0.3 is 0 Å². The van der Waals surface area contributed by atoms with Gasteiger partial charge in [-0.25, -0.2) is 4.98 Å². The van der Waals surface area contributed by atoms with Gasteiger partial charge in [0.2, 0.25) is 5.91 Å². The number of aromatic nitrogens is 1. The van der Waals surface area contributed by atoms with Crippen LogP contribution in [0.3, 0.4) is 0 Å². The molecule has 1 N–H and O–H groups in total. The van der Waals surface area contributed by atoms with Crippen molar-refractivity contribution in [3.05, 3.63) is 90.8 Å². The normalized spacial score (nSPS) is 14.1. The molecule has 3 aromatic carbocycles. The Morgan fingerprint density at radius 2 is 1.49 bits per heavy atom. The van der Waals surface area contributed by atoms with Crippen LogP contribution in [0.1, 0.15) is 12.3 Å². The number of nitrogens with one attached hydrogen (secondary N) is 1. The van der Waals surface area contributed by atoms with Crippen molar-refractivity contribution >= 4 is 17.3 Å². The first-order chi connectivity index (χ1) is 17.2. The van der Waals surface area contributed by atoms with Crippen molar-refractivity contribution in [2.24, 2.45) is 0 Å². The first kappa shape index (κ1) is 22.9. The van der Waals surface area contributed by atoms with E-state index in [1.165, 1.54) is 5.69 Å². The summed E-state index contributed by atoms with van der Waals surface area (Å²) in [6.07, 6.45) is 0.723. The Balaban J connectivity index is 1.23. The second kappa shape index (κ2) is 10.6. The van der Waals surface area contributed by atoms with E-state index in [-0.39, 0.29) is 5.91 Å². The van der Waals surface area contributed by atoms with Gasteiger partial charge in [0.05, 0.1) is 0 Å². The van der Waals surface area contributed by atoms with Gasteiger partial charge < -0.3 is 19.5 Å². The van der Waals surface area contributed by atoms with Gasteiger partial charge in [0, 0.05) is 61.5 Å². The minimum atomic E-state index is -0.0573. The molecule has 4 aromatic rings. The van der Waals surface area contributed by atoms with Crippen molar-refractivity contribution in [2.45, 2.75) is 12.8 Å². The van der Waals surface area contributed by atoms with Crippen molar-refractivity contribution in [2.75, 3.05) is 43.4 Å². The maximum absolute atomic E-state index is 12.6. The fourth-order valence-electron chi connectivity index (χ4n) is 4.31. The number of hydrogen-bond acceptors (Lipinski definition) is 5. The van der Waals surface area contributed by atoms with E-state index in [9.17, 15) is 4.79 Å². The van der Waals surface area contributed by atoms with Gasteiger partial charge in [-0.2, -0.15) is 0 Å². The molecular formula is C29H30N4O2. The maximum Gasteiger partial charge on any atom is 0.224 e. The summed E-state index contributed by atoms with van der Waals surface area (Å²) in [5, 5.41) is 3.00. The van der Waals surface area contributed by atoms with Gasteiger partial charge in [0.1, 0.15) is 5.69 Å². The number of benzene rings is 3. The van der Waals surface area contributed by atoms with Crippen molar-refractivity contribution in [3.8, 4) is 22.6 Å². The summed E-state index contributed by atoms with van der Waals surface area (Å²) in [6, 6.07) is 28.0. The lowest BCUT2D eigenvalue weighted by atomic mass is 10.1. The number of aryl methyl sites for hydroxylation is 1. The second-order valence-corrected chi connectivity index (χ2v) is 8.90. The van der Waals surface area contributed by atoms with Gasteiger partial charge in [-0.05, 0) is 31.3 Å². The SMILES string of the molecule is CN1CCN(c2ccc(NC(=O)CCc3nc(-c4ccccc4)c(-c4ccccc4)o3)cc2)CC1. The van der Waals surface area contributed by atoms with Crippen LogP contribution in [0.4, 0.5) is 11.4 Å².